The van der Waals surface area contributed by atoms with Crippen LogP contribution in [0, 0.1) is 11.3 Å². The molecule has 170 valence electrons. The Labute approximate surface area is 197 Å². The maximum absolute atomic E-state index is 12.3. The van der Waals surface area contributed by atoms with E-state index in [1.807, 2.05) is 65.2 Å². The highest BCUT2D eigenvalue weighted by atomic mass is 32.2. The van der Waals surface area contributed by atoms with Gasteiger partial charge in [-0.05, 0) is 18.6 Å². The Kier molecular flexibility index (Phi) is 8.63. The Balaban J connectivity index is 1.77. The van der Waals surface area contributed by atoms with Crippen molar-refractivity contribution in [2.75, 3.05) is 19.5 Å². The fraction of sp³-hybridized carbons (Fsp3) is 0.250. The number of rotatable bonds is 11. The normalized spacial score (nSPS) is 11.5. The van der Waals surface area contributed by atoms with E-state index in [-0.39, 0.29) is 29.4 Å². The number of para-hydroxylation sites is 1. The summed E-state index contributed by atoms with van der Waals surface area (Å²) in [6.45, 7) is 2.67. The van der Waals surface area contributed by atoms with Crippen molar-refractivity contribution in [3.63, 3.8) is 0 Å². The van der Waals surface area contributed by atoms with Gasteiger partial charge >= 0.3 is 0 Å². The second kappa shape index (κ2) is 11.9. The average Bonchev–Trinajstić information content (AvgIpc) is 3.22. The number of Topliss-reactive ketones (excluding diaryl/α,β-unsaturated/α-hetero) is 1. The van der Waals surface area contributed by atoms with Gasteiger partial charge in [0.2, 0.25) is 0 Å². The molecule has 0 radical (unpaired) electrons. The molecule has 0 atom stereocenters. The van der Waals surface area contributed by atoms with Crippen LogP contribution in [-0.4, -0.2) is 40.0 Å². The van der Waals surface area contributed by atoms with Crippen LogP contribution in [0.5, 0.6) is 5.75 Å². The predicted molar refractivity (Wildman–Crippen MR) is 126 cm³/mol. The molecular formula is C24H25N5O3S. The number of carbonyl (C=O) groups is 1. The number of hydrogen-bond donors (Lipinski definition) is 1. The monoisotopic (exact) mass is 463 g/mol. The minimum atomic E-state index is -0.349. The van der Waals surface area contributed by atoms with Crippen LogP contribution in [0.25, 0.3) is 11.1 Å². The third-order valence-electron chi connectivity index (χ3n) is 4.76. The SMILES string of the molecule is COCCn1c(COc2ccccc2-c2ccccc2)nnc1SCC(=O)/C(C#N)=C(\C)N. The number of nitriles is 1. The van der Waals surface area contributed by atoms with Crippen molar-refractivity contribution in [3.05, 3.63) is 71.7 Å². The zero-order valence-electron chi connectivity index (χ0n) is 18.5. The standard InChI is InChI=1S/C24H25N5O3S/c1-17(26)20(14-25)21(30)16-33-24-28-27-23(29(24)12-13-31-2)15-32-22-11-7-6-10-19(22)18-8-4-3-5-9-18/h3-11H,12-13,15-16,26H2,1-2H3/b20-17+. The van der Waals surface area contributed by atoms with E-state index in [1.165, 1.54) is 18.7 Å². The maximum Gasteiger partial charge on any atom is 0.191 e. The van der Waals surface area contributed by atoms with E-state index in [2.05, 4.69) is 10.2 Å². The third kappa shape index (κ3) is 6.22. The molecule has 0 saturated heterocycles. The lowest BCUT2D eigenvalue weighted by atomic mass is 10.1. The molecule has 0 unspecified atom stereocenters. The Morgan fingerprint density at radius 2 is 1.88 bits per heavy atom. The Hall–Kier alpha value is -3.61. The van der Waals surface area contributed by atoms with Gasteiger partial charge in [-0.2, -0.15) is 5.26 Å². The molecule has 0 spiro atoms. The fourth-order valence-electron chi connectivity index (χ4n) is 3.10. The van der Waals surface area contributed by atoms with Crippen molar-refractivity contribution in [1.82, 2.24) is 14.8 Å². The van der Waals surface area contributed by atoms with E-state index in [0.29, 0.717) is 24.1 Å². The number of hydrogen-bond acceptors (Lipinski definition) is 8. The molecule has 3 rings (SSSR count). The van der Waals surface area contributed by atoms with Gasteiger partial charge in [0.15, 0.2) is 16.8 Å². The largest absolute Gasteiger partial charge is 0.485 e. The highest BCUT2D eigenvalue weighted by Crippen LogP contribution is 2.30. The van der Waals surface area contributed by atoms with Gasteiger partial charge < -0.3 is 19.8 Å². The van der Waals surface area contributed by atoms with E-state index >= 15 is 0 Å². The summed E-state index contributed by atoms with van der Waals surface area (Å²) in [6.07, 6.45) is 0. The molecule has 1 heterocycles. The number of ketones is 1. The summed E-state index contributed by atoms with van der Waals surface area (Å²) in [6, 6.07) is 19.7. The molecule has 2 N–H and O–H groups in total. The molecule has 0 bridgehead atoms. The Bertz CT molecular complexity index is 1160. The molecule has 9 heteroatoms. The van der Waals surface area contributed by atoms with Crippen molar-refractivity contribution < 1.29 is 14.3 Å². The van der Waals surface area contributed by atoms with Gasteiger partial charge in [-0.25, -0.2) is 0 Å². The summed E-state index contributed by atoms with van der Waals surface area (Å²) < 4.78 is 13.2. The first-order valence-electron chi connectivity index (χ1n) is 10.3. The molecule has 0 fully saturated rings. The van der Waals surface area contributed by atoms with E-state index in [1.54, 1.807) is 7.11 Å². The zero-order valence-corrected chi connectivity index (χ0v) is 19.3. The molecule has 33 heavy (non-hydrogen) atoms. The van der Waals surface area contributed by atoms with Crippen molar-refractivity contribution in [2.45, 2.75) is 25.2 Å². The summed E-state index contributed by atoms with van der Waals surface area (Å²) >= 11 is 1.20. The molecule has 8 nitrogen and oxygen atoms in total. The van der Waals surface area contributed by atoms with Crippen molar-refractivity contribution in [3.8, 4) is 22.9 Å². The van der Waals surface area contributed by atoms with Crippen LogP contribution in [0.2, 0.25) is 0 Å². The van der Waals surface area contributed by atoms with Crippen molar-refractivity contribution in [2.24, 2.45) is 5.73 Å². The lowest BCUT2D eigenvalue weighted by Crippen LogP contribution is -2.14. The van der Waals surface area contributed by atoms with Gasteiger partial charge in [-0.3, -0.25) is 4.79 Å². The highest BCUT2D eigenvalue weighted by Gasteiger charge is 2.18. The van der Waals surface area contributed by atoms with E-state index in [9.17, 15) is 4.79 Å². The number of benzene rings is 2. The molecule has 3 aromatic rings. The molecule has 0 aliphatic heterocycles. The molecule has 2 aromatic carbocycles. The fourth-order valence-corrected chi connectivity index (χ4v) is 3.96. The van der Waals surface area contributed by atoms with E-state index in [4.69, 9.17) is 20.5 Å². The summed E-state index contributed by atoms with van der Waals surface area (Å²) in [5.41, 5.74) is 7.83. The molecule has 0 aliphatic carbocycles. The van der Waals surface area contributed by atoms with Gasteiger partial charge in [0.1, 0.15) is 24.0 Å². The second-order valence-electron chi connectivity index (χ2n) is 7.08. The molecular weight excluding hydrogens is 438 g/mol. The summed E-state index contributed by atoms with van der Waals surface area (Å²) in [5.74, 6) is 1.02. The summed E-state index contributed by atoms with van der Waals surface area (Å²) in [7, 11) is 1.61. The first-order chi connectivity index (χ1) is 16.0. The highest BCUT2D eigenvalue weighted by molar-refractivity contribution is 7.99. The Morgan fingerprint density at radius 1 is 1.15 bits per heavy atom. The first kappa shape index (κ1) is 24.0. The molecule has 1 aromatic heterocycles. The van der Waals surface area contributed by atoms with Crippen LogP contribution < -0.4 is 10.5 Å². The van der Waals surface area contributed by atoms with Crippen LogP contribution >= 0.6 is 11.8 Å². The number of allylic oxidation sites excluding steroid dienone is 2. The maximum atomic E-state index is 12.3. The van der Waals surface area contributed by atoms with Crippen LogP contribution in [-0.2, 0) is 22.7 Å². The quantitative estimate of drug-likeness (QED) is 0.261. The first-order valence-corrected chi connectivity index (χ1v) is 11.2. The topological polar surface area (TPSA) is 116 Å². The van der Waals surface area contributed by atoms with Crippen LogP contribution in [0.4, 0.5) is 0 Å². The lowest BCUT2D eigenvalue weighted by Gasteiger charge is -2.13. The third-order valence-corrected chi connectivity index (χ3v) is 5.73. The zero-order chi connectivity index (χ0) is 23.6. The lowest BCUT2D eigenvalue weighted by molar-refractivity contribution is -0.112. The minimum Gasteiger partial charge on any atom is -0.485 e. The number of methoxy groups -OCH3 is 1. The molecule has 0 aliphatic rings. The number of ether oxygens (including phenoxy) is 2. The van der Waals surface area contributed by atoms with Gasteiger partial charge in [-0.15, -0.1) is 10.2 Å². The van der Waals surface area contributed by atoms with Gasteiger partial charge in [0.25, 0.3) is 0 Å². The minimum absolute atomic E-state index is 0.0280. The van der Waals surface area contributed by atoms with E-state index in [0.717, 1.165) is 16.9 Å². The molecule has 0 amide bonds. The van der Waals surface area contributed by atoms with Gasteiger partial charge in [0, 0.05) is 24.9 Å². The number of carbonyl (C=O) groups excluding carboxylic acids is 1. The average molecular weight is 464 g/mol. The summed E-state index contributed by atoms with van der Waals surface area (Å²) in [4.78, 5) is 12.3. The number of nitrogens with two attached hydrogens (primary N) is 1. The number of nitrogens with zero attached hydrogens (tertiary/aromatic N) is 4. The number of thioether (sulfide) groups is 1. The number of aromatic nitrogens is 3. The molecule has 0 saturated carbocycles. The van der Waals surface area contributed by atoms with Crippen LogP contribution in [0.3, 0.4) is 0 Å². The van der Waals surface area contributed by atoms with Crippen molar-refractivity contribution in [1.29, 1.82) is 5.26 Å². The van der Waals surface area contributed by atoms with Gasteiger partial charge in [0.05, 0.1) is 12.4 Å². The van der Waals surface area contributed by atoms with Crippen molar-refractivity contribution >= 4 is 17.5 Å². The Morgan fingerprint density at radius 3 is 2.58 bits per heavy atom. The van der Waals surface area contributed by atoms with Crippen LogP contribution in [0.1, 0.15) is 12.7 Å². The summed E-state index contributed by atoms with van der Waals surface area (Å²) in [5, 5.41) is 18.2. The van der Waals surface area contributed by atoms with E-state index < -0.39 is 0 Å². The predicted octanol–water partition coefficient (Wildman–Crippen LogP) is 3.59. The smallest absolute Gasteiger partial charge is 0.191 e. The van der Waals surface area contributed by atoms with Crippen LogP contribution in [0.15, 0.2) is 71.0 Å². The second-order valence-corrected chi connectivity index (χ2v) is 8.02. The van der Waals surface area contributed by atoms with Gasteiger partial charge in [-0.1, -0.05) is 60.3 Å².